The van der Waals surface area contributed by atoms with Gasteiger partial charge in [0.15, 0.2) is 12.4 Å². The van der Waals surface area contributed by atoms with Crippen LogP contribution in [0.1, 0.15) is 30.4 Å². The Kier molecular flexibility index (Phi) is 8.43. The molecule has 0 unspecified atom stereocenters. The van der Waals surface area contributed by atoms with Gasteiger partial charge in [-0.1, -0.05) is 41.9 Å². The smallest absolute Gasteiger partial charge is 0.265 e. The summed E-state index contributed by atoms with van der Waals surface area (Å²) in [6.07, 6.45) is 3.68. The van der Waals surface area contributed by atoms with E-state index in [-0.39, 0.29) is 17.3 Å². The predicted octanol–water partition coefficient (Wildman–Crippen LogP) is 2.20. The first kappa shape index (κ1) is 24.7. The van der Waals surface area contributed by atoms with E-state index in [9.17, 15) is 13.2 Å². The standard InChI is InChI=1S/C23H31N5O4S/c1-27(2)33(30,31)20-11-8-10-19(15-20)25-22(29)17-32-26-23(24)21-12-5-4-9-18(21)16-28-13-6-3-7-14-28/h4-5,8-12,15H,3,6-7,13-14,16-17H2,1-2H3,(H2,24,26)(H,25,29). The Morgan fingerprint density at radius 3 is 2.58 bits per heavy atom. The molecule has 33 heavy (non-hydrogen) atoms. The van der Waals surface area contributed by atoms with Crippen molar-refractivity contribution >= 4 is 27.5 Å². The van der Waals surface area contributed by atoms with Crippen LogP contribution in [-0.2, 0) is 26.2 Å². The summed E-state index contributed by atoms with van der Waals surface area (Å²) < 4.78 is 25.6. The van der Waals surface area contributed by atoms with Crippen molar-refractivity contribution < 1.29 is 18.0 Å². The average Bonchev–Trinajstić information content (AvgIpc) is 2.80. The molecule has 1 amide bonds. The van der Waals surface area contributed by atoms with Gasteiger partial charge in [0.25, 0.3) is 5.91 Å². The van der Waals surface area contributed by atoms with Crippen LogP contribution in [0.4, 0.5) is 5.69 Å². The van der Waals surface area contributed by atoms with Gasteiger partial charge in [0.1, 0.15) is 0 Å². The number of hydrogen-bond donors (Lipinski definition) is 2. The summed E-state index contributed by atoms with van der Waals surface area (Å²) >= 11 is 0. The van der Waals surface area contributed by atoms with Gasteiger partial charge >= 0.3 is 0 Å². The van der Waals surface area contributed by atoms with Crippen molar-refractivity contribution in [2.24, 2.45) is 10.9 Å². The number of carbonyl (C=O) groups is 1. The predicted molar refractivity (Wildman–Crippen MR) is 128 cm³/mol. The van der Waals surface area contributed by atoms with Gasteiger partial charge in [-0.15, -0.1) is 0 Å². The highest BCUT2D eigenvalue weighted by Gasteiger charge is 2.18. The van der Waals surface area contributed by atoms with E-state index in [1.165, 1.54) is 45.5 Å². The van der Waals surface area contributed by atoms with Gasteiger partial charge in [0.2, 0.25) is 10.0 Å². The molecule has 3 rings (SSSR count). The van der Waals surface area contributed by atoms with Gasteiger partial charge in [0.05, 0.1) is 4.90 Å². The highest BCUT2D eigenvalue weighted by Crippen LogP contribution is 2.18. The third kappa shape index (κ3) is 6.77. The number of nitrogens with zero attached hydrogens (tertiary/aromatic N) is 3. The van der Waals surface area contributed by atoms with Crippen LogP contribution in [0, 0.1) is 0 Å². The lowest BCUT2D eigenvalue weighted by Gasteiger charge is -2.27. The average molecular weight is 474 g/mol. The number of sulfonamides is 1. The number of hydrogen-bond acceptors (Lipinski definition) is 6. The van der Waals surface area contributed by atoms with Crippen molar-refractivity contribution in [2.75, 3.05) is 39.1 Å². The van der Waals surface area contributed by atoms with E-state index in [4.69, 9.17) is 10.6 Å². The van der Waals surface area contributed by atoms with Crippen molar-refractivity contribution in [1.82, 2.24) is 9.21 Å². The van der Waals surface area contributed by atoms with Crippen molar-refractivity contribution in [1.29, 1.82) is 0 Å². The van der Waals surface area contributed by atoms with E-state index in [0.29, 0.717) is 5.69 Å². The number of amides is 1. The molecule has 0 bridgehead atoms. The zero-order chi connectivity index (χ0) is 23.8. The summed E-state index contributed by atoms with van der Waals surface area (Å²) in [5.41, 5.74) is 8.33. The largest absolute Gasteiger partial charge is 0.384 e. The number of nitrogens with two attached hydrogens (primary N) is 1. The molecule has 1 aliphatic heterocycles. The monoisotopic (exact) mass is 473 g/mol. The summed E-state index contributed by atoms with van der Waals surface area (Å²) in [5.74, 6) is -0.276. The Morgan fingerprint density at radius 2 is 1.85 bits per heavy atom. The fourth-order valence-electron chi connectivity index (χ4n) is 3.62. The molecule has 0 aliphatic carbocycles. The van der Waals surface area contributed by atoms with Crippen LogP contribution >= 0.6 is 0 Å². The number of nitrogens with one attached hydrogen (secondary N) is 1. The first-order valence-corrected chi connectivity index (χ1v) is 12.3. The SMILES string of the molecule is CN(C)S(=O)(=O)c1cccc(NC(=O)CO/N=C(/N)c2ccccc2CN2CCCCC2)c1. The number of piperidine rings is 1. The van der Waals surface area contributed by atoms with E-state index < -0.39 is 15.9 Å². The van der Waals surface area contributed by atoms with Gasteiger partial charge in [-0.25, -0.2) is 12.7 Å². The minimum Gasteiger partial charge on any atom is -0.384 e. The molecule has 0 saturated carbocycles. The Balaban J connectivity index is 1.59. The fourth-order valence-corrected chi connectivity index (χ4v) is 4.57. The van der Waals surface area contributed by atoms with Crippen LogP contribution in [0.15, 0.2) is 58.6 Å². The number of likely N-dealkylation sites (tertiary alicyclic amines) is 1. The molecule has 0 aromatic heterocycles. The van der Waals surface area contributed by atoms with Crippen LogP contribution in [-0.4, -0.2) is 63.2 Å². The maximum atomic E-state index is 12.3. The molecule has 0 radical (unpaired) electrons. The zero-order valence-electron chi connectivity index (χ0n) is 19.0. The Labute approximate surface area is 195 Å². The molecule has 1 heterocycles. The van der Waals surface area contributed by atoms with Gasteiger partial charge in [-0.2, -0.15) is 0 Å². The van der Waals surface area contributed by atoms with Crippen molar-refractivity contribution in [3.63, 3.8) is 0 Å². The molecule has 1 fully saturated rings. The van der Waals surface area contributed by atoms with Gasteiger partial charge in [-0.3, -0.25) is 9.69 Å². The third-order valence-corrected chi connectivity index (χ3v) is 7.20. The topological polar surface area (TPSA) is 117 Å². The normalized spacial score (nSPS) is 15.4. The summed E-state index contributed by atoms with van der Waals surface area (Å²) in [7, 11) is -0.708. The Bertz CT molecular complexity index is 1100. The highest BCUT2D eigenvalue weighted by molar-refractivity contribution is 7.89. The minimum absolute atomic E-state index is 0.0822. The maximum Gasteiger partial charge on any atom is 0.265 e. The molecule has 0 spiro atoms. The van der Waals surface area contributed by atoms with Crippen LogP contribution in [0.3, 0.4) is 0 Å². The summed E-state index contributed by atoms with van der Waals surface area (Å²) in [5, 5.41) is 6.53. The molecule has 178 valence electrons. The number of carbonyl (C=O) groups excluding carboxylic acids is 1. The summed E-state index contributed by atoms with van der Waals surface area (Å²) in [6.45, 7) is 2.57. The Hall–Kier alpha value is -2.95. The zero-order valence-corrected chi connectivity index (χ0v) is 19.8. The molecule has 1 saturated heterocycles. The van der Waals surface area contributed by atoms with Gasteiger partial charge < -0.3 is 15.9 Å². The third-order valence-electron chi connectivity index (χ3n) is 5.39. The number of benzene rings is 2. The van der Waals surface area contributed by atoms with Crippen LogP contribution < -0.4 is 11.1 Å². The molecule has 0 atom stereocenters. The first-order valence-electron chi connectivity index (χ1n) is 10.9. The van der Waals surface area contributed by atoms with E-state index in [1.807, 2.05) is 24.3 Å². The Morgan fingerprint density at radius 1 is 1.12 bits per heavy atom. The van der Waals surface area contributed by atoms with Crippen LogP contribution in [0.5, 0.6) is 0 Å². The van der Waals surface area contributed by atoms with Crippen molar-refractivity contribution in [3.05, 3.63) is 59.7 Å². The maximum absolute atomic E-state index is 12.3. The van der Waals surface area contributed by atoms with E-state index in [2.05, 4.69) is 15.4 Å². The number of amidine groups is 1. The highest BCUT2D eigenvalue weighted by atomic mass is 32.2. The molecule has 1 aliphatic rings. The van der Waals surface area contributed by atoms with E-state index >= 15 is 0 Å². The molecule has 2 aromatic carbocycles. The number of rotatable bonds is 9. The van der Waals surface area contributed by atoms with E-state index in [0.717, 1.165) is 35.1 Å². The molecule has 9 nitrogen and oxygen atoms in total. The van der Waals surface area contributed by atoms with Crippen molar-refractivity contribution in [3.8, 4) is 0 Å². The van der Waals surface area contributed by atoms with Gasteiger partial charge in [-0.05, 0) is 49.7 Å². The number of anilines is 1. The lowest BCUT2D eigenvalue weighted by atomic mass is 10.0. The molecular weight excluding hydrogens is 442 g/mol. The first-order chi connectivity index (χ1) is 15.8. The quantitative estimate of drug-likeness (QED) is 0.328. The van der Waals surface area contributed by atoms with Crippen LogP contribution in [0.2, 0.25) is 0 Å². The minimum atomic E-state index is -3.60. The second kappa shape index (κ2) is 11.3. The molecule has 10 heteroatoms. The van der Waals surface area contributed by atoms with E-state index in [1.54, 1.807) is 12.1 Å². The summed E-state index contributed by atoms with van der Waals surface area (Å²) in [6, 6.07) is 13.8. The second-order valence-electron chi connectivity index (χ2n) is 8.11. The van der Waals surface area contributed by atoms with Crippen LogP contribution in [0.25, 0.3) is 0 Å². The lowest BCUT2D eigenvalue weighted by molar-refractivity contribution is -0.120. The molecule has 2 aromatic rings. The fraction of sp³-hybridized carbons (Fsp3) is 0.391. The summed E-state index contributed by atoms with van der Waals surface area (Å²) in [4.78, 5) is 19.9. The second-order valence-corrected chi connectivity index (χ2v) is 10.3. The lowest BCUT2D eigenvalue weighted by Crippen LogP contribution is -2.30. The molecular formula is C23H31N5O4S. The van der Waals surface area contributed by atoms with Crippen molar-refractivity contribution in [2.45, 2.75) is 30.7 Å². The number of oxime groups is 1. The molecule has 3 N–H and O–H groups in total. The van der Waals surface area contributed by atoms with Gasteiger partial charge in [0, 0.05) is 31.9 Å².